The molecule has 3 aromatic rings. The number of ether oxygens (including phenoxy) is 1. The van der Waals surface area contributed by atoms with Crippen LogP contribution in [0.4, 0.5) is 10.1 Å². The monoisotopic (exact) mass is 409 g/mol. The van der Waals surface area contributed by atoms with Gasteiger partial charge in [0.15, 0.2) is 0 Å². The van der Waals surface area contributed by atoms with Gasteiger partial charge in [0.05, 0.1) is 13.2 Å². The van der Waals surface area contributed by atoms with E-state index in [9.17, 15) is 9.18 Å². The van der Waals surface area contributed by atoms with Crippen LogP contribution in [0.2, 0.25) is 0 Å². The third kappa shape index (κ3) is 4.19. The van der Waals surface area contributed by atoms with Gasteiger partial charge in [0.1, 0.15) is 5.82 Å². The van der Waals surface area contributed by atoms with E-state index in [0.717, 1.165) is 40.8 Å². The SMILES string of the molecule is Cc1ccc(C(=O)NC(C)Cc2cn(C)c3ccc(F)cc23)cc1N1CCOCC1. The molecule has 1 aliphatic rings. The van der Waals surface area contributed by atoms with E-state index in [-0.39, 0.29) is 17.8 Å². The Bertz CT molecular complexity index is 1070. The number of halogens is 1. The lowest BCUT2D eigenvalue weighted by atomic mass is 10.0. The molecule has 1 amide bonds. The minimum absolute atomic E-state index is 0.0838. The van der Waals surface area contributed by atoms with Crippen molar-refractivity contribution < 1.29 is 13.9 Å². The summed E-state index contributed by atoms with van der Waals surface area (Å²) in [5.41, 5.74) is 4.90. The van der Waals surface area contributed by atoms with Crippen molar-refractivity contribution in [2.45, 2.75) is 26.3 Å². The first kappa shape index (κ1) is 20.4. The van der Waals surface area contributed by atoms with Crippen LogP contribution in [-0.4, -0.2) is 42.8 Å². The summed E-state index contributed by atoms with van der Waals surface area (Å²) in [7, 11) is 1.95. The van der Waals surface area contributed by atoms with E-state index in [4.69, 9.17) is 4.74 Å². The molecule has 0 saturated carbocycles. The maximum atomic E-state index is 13.7. The summed E-state index contributed by atoms with van der Waals surface area (Å²) in [5, 5.41) is 3.99. The molecule has 30 heavy (non-hydrogen) atoms. The molecule has 5 nitrogen and oxygen atoms in total. The number of amides is 1. The largest absolute Gasteiger partial charge is 0.378 e. The molecule has 0 spiro atoms. The number of nitrogens with one attached hydrogen (secondary N) is 1. The van der Waals surface area contributed by atoms with Crippen LogP contribution in [0, 0.1) is 12.7 Å². The predicted octanol–water partition coefficient (Wildman–Crippen LogP) is 3.82. The molecule has 1 atom stereocenters. The second-order valence-electron chi connectivity index (χ2n) is 8.11. The van der Waals surface area contributed by atoms with Crippen LogP contribution in [0.3, 0.4) is 0 Å². The Kier molecular flexibility index (Phi) is 5.77. The number of hydrogen-bond donors (Lipinski definition) is 1. The summed E-state index contributed by atoms with van der Waals surface area (Å²) >= 11 is 0. The molecule has 1 aromatic heterocycles. The lowest BCUT2D eigenvalue weighted by Crippen LogP contribution is -2.37. The van der Waals surface area contributed by atoms with Crippen molar-refractivity contribution in [3.8, 4) is 0 Å². The number of rotatable bonds is 5. The summed E-state index contributed by atoms with van der Waals surface area (Å²) < 4.78 is 21.2. The number of fused-ring (bicyclic) bond motifs is 1. The third-order valence-corrected chi connectivity index (χ3v) is 5.76. The van der Waals surface area contributed by atoms with Gasteiger partial charge in [-0.15, -0.1) is 0 Å². The minimum Gasteiger partial charge on any atom is -0.378 e. The number of carbonyl (C=O) groups excluding carboxylic acids is 1. The molecule has 0 bridgehead atoms. The van der Waals surface area contributed by atoms with E-state index in [0.29, 0.717) is 25.2 Å². The number of morpholine rings is 1. The van der Waals surface area contributed by atoms with Crippen molar-refractivity contribution >= 4 is 22.5 Å². The van der Waals surface area contributed by atoms with Crippen LogP contribution in [0.25, 0.3) is 10.9 Å². The topological polar surface area (TPSA) is 46.5 Å². The van der Waals surface area contributed by atoms with Gasteiger partial charge < -0.3 is 19.5 Å². The summed E-state index contributed by atoms with van der Waals surface area (Å²) in [6.45, 7) is 7.12. The van der Waals surface area contributed by atoms with Gasteiger partial charge in [-0.2, -0.15) is 0 Å². The molecule has 1 N–H and O–H groups in total. The molecule has 6 heteroatoms. The van der Waals surface area contributed by atoms with Gasteiger partial charge in [0.25, 0.3) is 5.91 Å². The minimum atomic E-state index is -0.248. The van der Waals surface area contributed by atoms with Gasteiger partial charge in [-0.25, -0.2) is 4.39 Å². The fourth-order valence-corrected chi connectivity index (χ4v) is 4.19. The van der Waals surface area contributed by atoms with Gasteiger partial charge in [-0.3, -0.25) is 4.79 Å². The molecule has 2 heterocycles. The zero-order valence-electron chi connectivity index (χ0n) is 17.7. The Balaban J connectivity index is 1.48. The number of carbonyl (C=O) groups is 1. The summed E-state index contributed by atoms with van der Waals surface area (Å²) in [6, 6.07) is 10.6. The molecule has 1 aliphatic heterocycles. The number of hydrogen-bond acceptors (Lipinski definition) is 3. The molecule has 0 radical (unpaired) electrons. The number of aryl methyl sites for hydroxylation is 2. The summed E-state index contributed by atoms with van der Waals surface area (Å²) in [6.07, 6.45) is 2.64. The molecule has 0 aliphatic carbocycles. The highest BCUT2D eigenvalue weighted by molar-refractivity contribution is 5.95. The van der Waals surface area contributed by atoms with Crippen LogP contribution in [0.1, 0.15) is 28.4 Å². The maximum Gasteiger partial charge on any atom is 0.251 e. The van der Waals surface area contributed by atoms with Crippen LogP contribution < -0.4 is 10.2 Å². The van der Waals surface area contributed by atoms with Crippen molar-refractivity contribution in [1.29, 1.82) is 0 Å². The Morgan fingerprint density at radius 3 is 2.73 bits per heavy atom. The van der Waals surface area contributed by atoms with Crippen molar-refractivity contribution in [2.75, 3.05) is 31.2 Å². The zero-order chi connectivity index (χ0) is 21.3. The number of nitrogens with zero attached hydrogens (tertiary/aromatic N) is 2. The molecule has 4 rings (SSSR count). The molecular weight excluding hydrogens is 381 g/mol. The molecule has 1 unspecified atom stereocenters. The third-order valence-electron chi connectivity index (χ3n) is 5.76. The standard InChI is InChI=1S/C24H28FN3O2/c1-16-4-5-18(13-23(16)28-8-10-30-11-9-28)24(29)26-17(2)12-19-15-27(3)22-7-6-20(25)14-21(19)22/h4-7,13-15,17H,8-12H2,1-3H3,(H,26,29). The maximum absolute atomic E-state index is 13.7. The van der Waals surface area contributed by atoms with Gasteiger partial charge >= 0.3 is 0 Å². The molecule has 158 valence electrons. The number of benzene rings is 2. The van der Waals surface area contributed by atoms with Gasteiger partial charge in [0.2, 0.25) is 0 Å². The quantitative estimate of drug-likeness (QED) is 0.697. The molecule has 2 aromatic carbocycles. The second-order valence-corrected chi connectivity index (χ2v) is 8.11. The fourth-order valence-electron chi connectivity index (χ4n) is 4.19. The highest BCUT2D eigenvalue weighted by Gasteiger charge is 2.18. The van der Waals surface area contributed by atoms with E-state index in [1.54, 1.807) is 12.1 Å². The first-order valence-corrected chi connectivity index (χ1v) is 10.4. The second kappa shape index (κ2) is 8.48. The lowest BCUT2D eigenvalue weighted by Gasteiger charge is -2.30. The van der Waals surface area contributed by atoms with E-state index >= 15 is 0 Å². The van der Waals surface area contributed by atoms with Crippen molar-refractivity contribution in [3.63, 3.8) is 0 Å². The van der Waals surface area contributed by atoms with Gasteiger partial charge in [-0.1, -0.05) is 6.07 Å². The average Bonchev–Trinajstić information content (AvgIpc) is 3.03. The average molecular weight is 410 g/mol. The van der Waals surface area contributed by atoms with Crippen molar-refractivity contribution in [3.05, 3.63) is 65.1 Å². The Morgan fingerprint density at radius 2 is 1.97 bits per heavy atom. The molecular formula is C24H28FN3O2. The smallest absolute Gasteiger partial charge is 0.251 e. The van der Waals surface area contributed by atoms with Crippen LogP contribution in [-0.2, 0) is 18.2 Å². The van der Waals surface area contributed by atoms with E-state index in [2.05, 4.69) is 17.1 Å². The van der Waals surface area contributed by atoms with Gasteiger partial charge in [-0.05, 0) is 61.7 Å². The Morgan fingerprint density at radius 1 is 1.20 bits per heavy atom. The van der Waals surface area contributed by atoms with Crippen molar-refractivity contribution in [1.82, 2.24) is 9.88 Å². The predicted molar refractivity (Wildman–Crippen MR) is 118 cm³/mol. The van der Waals surface area contributed by atoms with Crippen LogP contribution >= 0.6 is 0 Å². The zero-order valence-corrected chi connectivity index (χ0v) is 17.7. The fraction of sp³-hybridized carbons (Fsp3) is 0.375. The van der Waals surface area contributed by atoms with E-state index < -0.39 is 0 Å². The number of aromatic nitrogens is 1. The first-order valence-electron chi connectivity index (χ1n) is 10.4. The highest BCUT2D eigenvalue weighted by atomic mass is 19.1. The van der Waals surface area contributed by atoms with Crippen molar-refractivity contribution in [2.24, 2.45) is 7.05 Å². The van der Waals surface area contributed by atoms with E-state index in [1.165, 1.54) is 6.07 Å². The molecule has 1 saturated heterocycles. The van der Waals surface area contributed by atoms with Gasteiger partial charge in [0, 0.05) is 54.5 Å². The molecule has 1 fully saturated rings. The normalized spacial score (nSPS) is 15.4. The Hall–Kier alpha value is -2.86. The highest BCUT2D eigenvalue weighted by Crippen LogP contribution is 2.24. The summed E-state index contributed by atoms with van der Waals surface area (Å²) in [5.74, 6) is -0.342. The summed E-state index contributed by atoms with van der Waals surface area (Å²) in [4.78, 5) is 15.2. The van der Waals surface area contributed by atoms with Crippen LogP contribution in [0.15, 0.2) is 42.6 Å². The lowest BCUT2D eigenvalue weighted by molar-refractivity contribution is 0.0940. The van der Waals surface area contributed by atoms with E-state index in [1.807, 2.05) is 42.9 Å². The van der Waals surface area contributed by atoms with Crippen LogP contribution in [0.5, 0.6) is 0 Å². The first-order chi connectivity index (χ1) is 14.4. The number of anilines is 1. The Labute approximate surface area is 176 Å².